The number of thioether (sulfide) groups is 1. The lowest BCUT2D eigenvalue weighted by atomic mass is 10.1. The van der Waals surface area contributed by atoms with Crippen LogP contribution in [-0.2, 0) is 9.53 Å². The molecule has 0 fully saturated rings. The SMILES string of the molecule is COCCCNC(=O)CSc1nnc(-c2ccc(C)cc2)o1. The van der Waals surface area contributed by atoms with Gasteiger partial charge in [-0.05, 0) is 25.5 Å². The van der Waals surface area contributed by atoms with Gasteiger partial charge in [-0.3, -0.25) is 4.79 Å². The van der Waals surface area contributed by atoms with Gasteiger partial charge in [-0.2, -0.15) is 0 Å². The van der Waals surface area contributed by atoms with Crippen LogP contribution < -0.4 is 5.32 Å². The van der Waals surface area contributed by atoms with Gasteiger partial charge in [0.2, 0.25) is 11.8 Å². The van der Waals surface area contributed by atoms with Crippen LogP contribution in [0, 0.1) is 6.92 Å². The molecule has 0 atom stereocenters. The van der Waals surface area contributed by atoms with Crippen molar-refractivity contribution in [2.24, 2.45) is 0 Å². The Morgan fingerprint density at radius 1 is 1.32 bits per heavy atom. The molecule has 6 nitrogen and oxygen atoms in total. The van der Waals surface area contributed by atoms with Gasteiger partial charge in [-0.25, -0.2) is 0 Å². The highest BCUT2D eigenvalue weighted by atomic mass is 32.2. The van der Waals surface area contributed by atoms with Gasteiger partial charge in [0, 0.05) is 25.8 Å². The van der Waals surface area contributed by atoms with Crippen LogP contribution >= 0.6 is 11.8 Å². The van der Waals surface area contributed by atoms with Crippen LogP contribution in [0.5, 0.6) is 0 Å². The zero-order valence-corrected chi connectivity index (χ0v) is 13.5. The molecular weight excluding hydrogens is 302 g/mol. The van der Waals surface area contributed by atoms with Crippen LogP contribution in [0.1, 0.15) is 12.0 Å². The van der Waals surface area contributed by atoms with E-state index in [-0.39, 0.29) is 11.7 Å². The minimum Gasteiger partial charge on any atom is -0.411 e. The summed E-state index contributed by atoms with van der Waals surface area (Å²) in [4.78, 5) is 11.6. The predicted octanol–water partition coefficient (Wildman–Crippen LogP) is 2.29. The summed E-state index contributed by atoms with van der Waals surface area (Å²) in [5, 5.41) is 11.1. The molecule has 22 heavy (non-hydrogen) atoms. The fourth-order valence-corrected chi connectivity index (χ4v) is 2.30. The molecule has 1 aromatic heterocycles. The first-order valence-corrected chi connectivity index (χ1v) is 7.96. The van der Waals surface area contributed by atoms with Crippen molar-refractivity contribution in [2.45, 2.75) is 18.6 Å². The lowest BCUT2D eigenvalue weighted by Crippen LogP contribution is -2.26. The molecule has 7 heteroatoms. The lowest BCUT2D eigenvalue weighted by molar-refractivity contribution is -0.118. The Labute approximate surface area is 133 Å². The molecule has 0 radical (unpaired) electrons. The van der Waals surface area contributed by atoms with E-state index in [2.05, 4.69) is 15.5 Å². The van der Waals surface area contributed by atoms with E-state index in [0.29, 0.717) is 24.3 Å². The van der Waals surface area contributed by atoms with E-state index in [1.54, 1.807) is 7.11 Å². The van der Waals surface area contributed by atoms with Crippen LogP contribution in [0.4, 0.5) is 0 Å². The Morgan fingerprint density at radius 3 is 2.82 bits per heavy atom. The Bertz CT molecular complexity index is 598. The number of carbonyl (C=O) groups is 1. The Hall–Kier alpha value is -1.86. The standard InChI is InChI=1S/C15H19N3O3S/c1-11-4-6-12(7-5-11)14-17-18-15(21-14)22-10-13(19)16-8-3-9-20-2/h4-7H,3,8-10H2,1-2H3,(H,16,19). The Morgan fingerprint density at radius 2 is 2.09 bits per heavy atom. The molecule has 0 spiro atoms. The smallest absolute Gasteiger partial charge is 0.277 e. The molecule has 0 saturated carbocycles. The number of nitrogens with zero attached hydrogens (tertiary/aromatic N) is 2. The largest absolute Gasteiger partial charge is 0.411 e. The quantitative estimate of drug-likeness (QED) is 0.594. The third-order valence-corrected chi connectivity index (χ3v) is 3.70. The minimum absolute atomic E-state index is 0.0591. The van der Waals surface area contributed by atoms with E-state index in [1.165, 1.54) is 17.3 Å². The molecule has 0 aliphatic carbocycles. The van der Waals surface area contributed by atoms with Gasteiger partial charge < -0.3 is 14.5 Å². The van der Waals surface area contributed by atoms with Crippen molar-refractivity contribution in [3.05, 3.63) is 29.8 Å². The van der Waals surface area contributed by atoms with Crippen molar-refractivity contribution in [3.63, 3.8) is 0 Å². The molecule has 0 aliphatic rings. The highest BCUT2D eigenvalue weighted by molar-refractivity contribution is 7.99. The number of aryl methyl sites for hydroxylation is 1. The summed E-state index contributed by atoms with van der Waals surface area (Å²) in [6, 6.07) is 7.83. The number of methoxy groups -OCH3 is 1. The number of nitrogens with one attached hydrogen (secondary N) is 1. The second-order valence-corrected chi connectivity index (χ2v) is 5.65. The molecule has 2 aromatic rings. The summed E-state index contributed by atoms with van der Waals surface area (Å²) in [7, 11) is 1.64. The maximum Gasteiger partial charge on any atom is 0.277 e. The fourth-order valence-electron chi connectivity index (χ4n) is 1.70. The molecule has 0 saturated heterocycles. The van der Waals surface area contributed by atoms with E-state index in [9.17, 15) is 4.79 Å². The van der Waals surface area contributed by atoms with E-state index in [4.69, 9.17) is 9.15 Å². The maximum atomic E-state index is 11.6. The first kappa shape index (κ1) is 16.5. The number of aromatic nitrogens is 2. The summed E-state index contributed by atoms with van der Waals surface area (Å²) >= 11 is 1.23. The van der Waals surface area contributed by atoms with Crippen LogP contribution in [0.2, 0.25) is 0 Å². The Balaban J connectivity index is 1.79. The molecule has 2 rings (SSSR count). The molecule has 1 heterocycles. The molecule has 1 amide bonds. The first-order valence-electron chi connectivity index (χ1n) is 6.98. The summed E-state index contributed by atoms with van der Waals surface area (Å²) < 4.78 is 10.5. The number of rotatable bonds is 8. The van der Waals surface area contributed by atoms with Gasteiger partial charge in [-0.1, -0.05) is 29.5 Å². The van der Waals surface area contributed by atoms with Crippen LogP contribution in [0.15, 0.2) is 33.9 Å². The van der Waals surface area contributed by atoms with Crippen molar-refractivity contribution in [1.29, 1.82) is 0 Å². The van der Waals surface area contributed by atoms with E-state index in [0.717, 1.165) is 12.0 Å². The van der Waals surface area contributed by atoms with Crippen molar-refractivity contribution in [1.82, 2.24) is 15.5 Å². The molecular formula is C15H19N3O3S. The third-order valence-electron chi connectivity index (χ3n) is 2.88. The maximum absolute atomic E-state index is 11.6. The third kappa shape index (κ3) is 5.16. The topological polar surface area (TPSA) is 77.2 Å². The van der Waals surface area contributed by atoms with Gasteiger partial charge in [0.25, 0.3) is 5.22 Å². The fraction of sp³-hybridized carbons (Fsp3) is 0.400. The average molecular weight is 321 g/mol. The lowest BCUT2D eigenvalue weighted by Gasteiger charge is -2.02. The second-order valence-electron chi connectivity index (χ2n) is 4.72. The van der Waals surface area contributed by atoms with Crippen LogP contribution in [-0.4, -0.2) is 42.1 Å². The number of ether oxygens (including phenoxy) is 1. The zero-order chi connectivity index (χ0) is 15.8. The molecule has 0 aliphatic heterocycles. The zero-order valence-electron chi connectivity index (χ0n) is 12.7. The second kappa shape index (κ2) is 8.55. The minimum atomic E-state index is -0.0591. The molecule has 1 N–H and O–H groups in total. The summed E-state index contributed by atoms with van der Waals surface area (Å²) in [5.41, 5.74) is 2.04. The monoisotopic (exact) mass is 321 g/mol. The van der Waals surface area contributed by atoms with E-state index < -0.39 is 0 Å². The average Bonchev–Trinajstić information content (AvgIpc) is 2.99. The predicted molar refractivity (Wildman–Crippen MR) is 84.7 cm³/mol. The highest BCUT2D eigenvalue weighted by Crippen LogP contribution is 2.23. The van der Waals surface area contributed by atoms with Gasteiger partial charge in [0.15, 0.2) is 0 Å². The van der Waals surface area contributed by atoms with Crippen molar-refractivity contribution in [2.75, 3.05) is 26.0 Å². The summed E-state index contributed by atoms with van der Waals surface area (Å²) in [6.45, 7) is 3.26. The first-order chi connectivity index (χ1) is 10.7. The van der Waals surface area contributed by atoms with Gasteiger partial charge in [-0.15, -0.1) is 10.2 Å². The normalized spacial score (nSPS) is 10.6. The van der Waals surface area contributed by atoms with Crippen LogP contribution in [0.3, 0.4) is 0 Å². The molecule has 0 unspecified atom stereocenters. The number of carbonyl (C=O) groups excluding carboxylic acids is 1. The highest BCUT2D eigenvalue weighted by Gasteiger charge is 2.10. The van der Waals surface area contributed by atoms with Crippen molar-refractivity contribution < 1.29 is 13.9 Å². The number of benzene rings is 1. The van der Waals surface area contributed by atoms with Crippen LogP contribution in [0.25, 0.3) is 11.5 Å². The van der Waals surface area contributed by atoms with Gasteiger partial charge in [0.05, 0.1) is 5.75 Å². The number of hydrogen-bond acceptors (Lipinski definition) is 6. The number of hydrogen-bond donors (Lipinski definition) is 1. The summed E-state index contributed by atoms with van der Waals surface area (Å²) in [5.74, 6) is 0.655. The Kier molecular flexibility index (Phi) is 6.42. The van der Waals surface area contributed by atoms with Crippen molar-refractivity contribution >= 4 is 17.7 Å². The van der Waals surface area contributed by atoms with Gasteiger partial charge in [0.1, 0.15) is 0 Å². The molecule has 1 aromatic carbocycles. The van der Waals surface area contributed by atoms with Gasteiger partial charge >= 0.3 is 0 Å². The van der Waals surface area contributed by atoms with E-state index >= 15 is 0 Å². The molecule has 0 bridgehead atoms. The number of amides is 1. The molecule has 118 valence electrons. The summed E-state index contributed by atoms with van der Waals surface area (Å²) in [6.07, 6.45) is 0.797. The van der Waals surface area contributed by atoms with E-state index in [1.807, 2.05) is 31.2 Å². The van der Waals surface area contributed by atoms with Crippen molar-refractivity contribution in [3.8, 4) is 11.5 Å².